The van der Waals surface area contributed by atoms with Crippen molar-refractivity contribution in [2.45, 2.75) is 25.7 Å². The summed E-state index contributed by atoms with van der Waals surface area (Å²) in [4.78, 5) is 2.33. The van der Waals surface area contributed by atoms with Gasteiger partial charge in [-0.25, -0.2) is 0 Å². The Labute approximate surface area is 90.7 Å². The van der Waals surface area contributed by atoms with Gasteiger partial charge in [-0.05, 0) is 42.5 Å². The number of hydrogen-bond donors (Lipinski definition) is 0. The smallest absolute Gasteiger partial charge is 0.0410 e. The van der Waals surface area contributed by atoms with E-state index >= 15 is 0 Å². The Bertz CT molecular complexity index is 335. The molecule has 2 rings (SSSR count). The van der Waals surface area contributed by atoms with Crippen LogP contribution in [0.1, 0.15) is 31.2 Å². The van der Waals surface area contributed by atoms with Gasteiger partial charge < -0.3 is 4.90 Å². The first kappa shape index (κ1) is 9.85. The molecule has 0 bridgehead atoms. The van der Waals surface area contributed by atoms with Crippen LogP contribution in [0, 0.1) is 0 Å². The van der Waals surface area contributed by atoms with Crippen molar-refractivity contribution in [3.63, 3.8) is 0 Å². The van der Waals surface area contributed by atoms with Crippen molar-refractivity contribution in [3.05, 3.63) is 28.8 Å². The lowest BCUT2D eigenvalue weighted by atomic mass is 9.96. The Morgan fingerprint density at radius 3 is 3.00 bits per heavy atom. The van der Waals surface area contributed by atoms with E-state index in [-0.39, 0.29) is 0 Å². The van der Waals surface area contributed by atoms with Crippen LogP contribution in [0.5, 0.6) is 0 Å². The predicted octanol–water partition coefficient (Wildman–Crippen LogP) is 3.67. The van der Waals surface area contributed by atoms with E-state index in [1.807, 2.05) is 6.07 Å². The minimum atomic E-state index is 0.633. The summed E-state index contributed by atoms with van der Waals surface area (Å²) in [6.07, 6.45) is 2.53. The summed E-state index contributed by atoms with van der Waals surface area (Å²) in [6, 6.07) is 6.23. The SMILES string of the molecule is CC1CCCN(C)c2ccc(Cl)cc21. The molecular weight excluding hydrogens is 194 g/mol. The van der Waals surface area contributed by atoms with E-state index in [1.165, 1.54) is 24.1 Å². The fourth-order valence-corrected chi connectivity index (χ4v) is 2.36. The van der Waals surface area contributed by atoms with Gasteiger partial charge in [-0.2, -0.15) is 0 Å². The summed E-state index contributed by atoms with van der Waals surface area (Å²) in [5.74, 6) is 0.633. The molecule has 0 radical (unpaired) electrons. The van der Waals surface area contributed by atoms with Crippen LogP contribution in [0.25, 0.3) is 0 Å². The molecule has 0 aromatic heterocycles. The quantitative estimate of drug-likeness (QED) is 0.630. The van der Waals surface area contributed by atoms with Crippen molar-refractivity contribution >= 4 is 17.3 Å². The Balaban J connectivity index is 2.48. The number of benzene rings is 1. The molecule has 0 aliphatic carbocycles. The van der Waals surface area contributed by atoms with Crippen LogP contribution in [0.15, 0.2) is 18.2 Å². The standard InChI is InChI=1S/C12H16ClN/c1-9-4-3-7-14(2)12-6-5-10(13)8-11(9)12/h5-6,8-9H,3-4,7H2,1-2H3. The lowest BCUT2D eigenvalue weighted by Gasteiger charge is -2.20. The Morgan fingerprint density at radius 2 is 2.21 bits per heavy atom. The first-order valence-electron chi connectivity index (χ1n) is 5.19. The molecule has 0 saturated heterocycles. The van der Waals surface area contributed by atoms with Gasteiger partial charge >= 0.3 is 0 Å². The summed E-state index contributed by atoms with van der Waals surface area (Å²) in [5.41, 5.74) is 2.75. The molecule has 1 aliphatic rings. The maximum absolute atomic E-state index is 6.02. The lowest BCUT2D eigenvalue weighted by Crippen LogP contribution is -2.17. The second-order valence-electron chi connectivity index (χ2n) is 4.17. The highest BCUT2D eigenvalue weighted by atomic mass is 35.5. The molecular formula is C12H16ClN. The summed E-state index contributed by atoms with van der Waals surface area (Å²) in [7, 11) is 2.16. The van der Waals surface area contributed by atoms with Crippen LogP contribution in [0.2, 0.25) is 5.02 Å². The van der Waals surface area contributed by atoms with Crippen molar-refractivity contribution in [1.29, 1.82) is 0 Å². The van der Waals surface area contributed by atoms with Crippen molar-refractivity contribution in [2.24, 2.45) is 0 Å². The van der Waals surface area contributed by atoms with E-state index in [0.29, 0.717) is 5.92 Å². The molecule has 1 unspecified atom stereocenters. The van der Waals surface area contributed by atoms with Gasteiger partial charge in [0.1, 0.15) is 0 Å². The molecule has 2 heteroatoms. The van der Waals surface area contributed by atoms with Crippen LogP contribution in [-0.4, -0.2) is 13.6 Å². The molecule has 1 aliphatic heterocycles. The Hall–Kier alpha value is -0.690. The average molecular weight is 210 g/mol. The van der Waals surface area contributed by atoms with Crippen molar-refractivity contribution in [2.75, 3.05) is 18.5 Å². The second-order valence-corrected chi connectivity index (χ2v) is 4.60. The van der Waals surface area contributed by atoms with E-state index < -0.39 is 0 Å². The van der Waals surface area contributed by atoms with Gasteiger partial charge in [0.25, 0.3) is 0 Å². The molecule has 76 valence electrons. The zero-order chi connectivity index (χ0) is 10.1. The number of hydrogen-bond acceptors (Lipinski definition) is 1. The van der Waals surface area contributed by atoms with Gasteiger partial charge in [-0.1, -0.05) is 18.5 Å². The topological polar surface area (TPSA) is 3.24 Å². The highest BCUT2D eigenvalue weighted by Gasteiger charge is 2.17. The molecule has 0 N–H and O–H groups in total. The Kier molecular flexibility index (Phi) is 2.69. The monoisotopic (exact) mass is 209 g/mol. The van der Waals surface area contributed by atoms with Crippen molar-refractivity contribution in [3.8, 4) is 0 Å². The van der Waals surface area contributed by atoms with Crippen LogP contribution in [0.4, 0.5) is 5.69 Å². The number of rotatable bonds is 0. The maximum Gasteiger partial charge on any atom is 0.0410 e. The molecule has 0 fully saturated rings. The number of anilines is 1. The summed E-state index contributed by atoms with van der Waals surface area (Å²) in [6.45, 7) is 3.44. The zero-order valence-electron chi connectivity index (χ0n) is 8.76. The first-order valence-corrected chi connectivity index (χ1v) is 5.57. The van der Waals surface area contributed by atoms with Crippen LogP contribution in [-0.2, 0) is 0 Å². The van der Waals surface area contributed by atoms with Crippen molar-refractivity contribution in [1.82, 2.24) is 0 Å². The van der Waals surface area contributed by atoms with Gasteiger partial charge in [-0.3, -0.25) is 0 Å². The molecule has 1 nitrogen and oxygen atoms in total. The van der Waals surface area contributed by atoms with Crippen LogP contribution >= 0.6 is 11.6 Å². The third-order valence-corrected chi connectivity index (χ3v) is 3.30. The van der Waals surface area contributed by atoms with E-state index in [4.69, 9.17) is 11.6 Å². The van der Waals surface area contributed by atoms with E-state index in [9.17, 15) is 0 Å². The molecule has 1 aromatic carbocycles. The Morgan fingerprint density at radius 1 is 1.43 bits per heavy atom. The fraction of sp³-hybridized carbons (Fsp3) is 0.500. The third-order valence-electron chi connectivity index (χ3n) is 3.06. The summed E-state index contributed by atoms with van der Waals surface area (Å²) >= 11 is 6.02. The van der Waals surface area contributed by atoms with Gasteiger partial charge in [0, 0.05) is 24.3 Å². The number of fused-ring (bicyclic) bond motifs is 1. The lowest BCUT2D eigenvalue weighted by molar-refractivity contribution is 0.656. The molecule has 1 atom stereocenters. The van der Waals surface area contributed by atoms with Gasteiger partial charge in [0.15, 0.2) is 0 Å². The highest BCUT2D eigenvalue weighted by molar-refractivity contribution is 6.30. The van der Waals surface area contributed by atoms with Crippen LogP contribution < -0.4 is 4.90 Å². The maximum atomic E-state index is 6.02. The molecule has 14 heavy (non-hydrogen) atoms. The van der Waals surface area contributed by atoms with Gasteiger partial charge in [0.2, 0.25) is 0 Å². The second kappa shape index (κ2) is 3.82. The molecule has 0 saturated carbocycles. The molecule has 0 amide bonds. The predicted molar refractivity (Wildman–Crippen MR) is 62.4 cm³/mol. The van der Waals surface area contributed by atoms with E-state index in [2.05, 4.69) is 31.0 Å². The number of nitrogens with zero attached hydrogens (tertiary/aromatic N) is 1. The van der Waals surface area contributed by atoms with Gasteiger partial charge in [-0.15, -0.1) is 0 Å². The van der Waals surface area contributed by atoms with Crippen LogP contribution in [0.3, 0.4) is 0 Å². The molecule has 1 heterocycles. The summed E-state index contributed by atoms with van der Waals surface area (Å²) < 4.78 is 0. The van der Waals surface area contributed by atoms with Gasteiger partial charge in [0.05, 0.1) is 0 Å². The van der Waals surface area contributed by atoms with Crippen molar-refractivity contribution < 1.29 is 0 Å². The largest absolute Gasteiger partial charge is 0.374 e. The summed E-state index contributed by atoms with van der Waals surface area (Å²) in [5, 5.41) is 0.853. The van der Waals surface area contributed by atoms with E-state index in [1.54, 1.807) is 0 Å². The fourth-order valence-electron chi connectivity index (χ4n) is 2.18. The van der Waals surface area contributed by atoms with E-state index in [0.717, 1.165) is 11.6 Å². The molecule has 1 aromatic rings. The normalized spacial score (nSPS) is 21.6. The average Bonchev–Trinajstić information content (AvgIpc) is 2.28. The zero-order valence-corrected chi connectivity index (χ0v) is 9.51. The minimum absolute atomic E-state index is 0.633. The highest BCUT2D eigenvalue weighted by Crippen LogP contribution is 2.34. The first-order chi connectivity index (χ1) is 6.68. The number of halogens is 1. The third kappa shape index (κ3) is 1.74. The minimum Gasteiger partial charge on any atom is -0.374 e. The molecule has 0 spiro atoms.